The molecule has 1 aliphatic carbocycles. The molecule has 1 fully saturated rings. The van der Waals surface area contributed by atoms with E-state index in [9.17, 15) is 4.79 Å². The number of ether oxygens (including phenoxy) is 1. The first-order valence-electron chi connectivity index (χ1n) is 6.28. The topological polar surface area (TPSA) is 64.1 Å². The van der Waals surface area contributed by atoms with Gasteiger partial charge in [-0.1, -0.05) is 0 Å². The van der Waals surface area contributed by atoms with Crippen LogP contribution in [0.1, 0.15) is 36.8 Å². The number of hydrogen-bond acceptors (Lipinski definition) is 4. The molecule has 1 aliphatic rings. The van der Waals surface area contributed by atoms with Crippen LogP contribution >= 0.6 is 0 Å². The first-order chi connectivity index (χ1) is 8.70. The minimum Gasteiger partial charge on any atom is -0.384 e. The Hall–Kier alpha value is -1.49. The van der Waals surface area contributed by atoms with Crippen LogP contribution in [0.2, 0.25) is 0 Å². The molecule has 0 bridgehead atoms. The molecule has 1 N–H and O–H groups in total. The molecule has 1 heterocycles. The van der Waals surface area contributed by atoms with E-state index in [1.807, 2.05) is 13.0 Å². The number of carbonyl (C=O) groups excluding carboxylic acids is 1. The van der Waals surface area contributed by atoms with Gasteiger partial charge >= 0.3 is 0 Å². The molecule has 1 aromatic rings. The average Bonchev–Trinajstić information content (AvgIpc) is 3.17. The van der Waals surface area contributed by atoms with Gasteiger partial charge in [-0.3, -0.25) is 4.79 Å². The van der Waals surface area contributed by atoms with E-state index in [1.54, 1.807) is 13.3 Å². The molecule has 2 rings (SSSR count). The van der Waals surface area contributed by atoms with Crippen molar-refractivity contribution in [3.8, 4) is 0 Å². The number of rotatable bonds is 6. The summed E-state index contributed by atoms with van der Waals surface area (Å²) in [7, 11) is 1.59. The Bertz CT molecular complexity index is 418. The molecule has 0 aromatic carbocycles. The molecule has 5 heteroatoms. The molecule has 18 heavy (non-hydrogen) atoms. The number of hydrogen-bond donors (Lipinski definition) is 1. The lowest BCUT2D eigenvalue weighted by Gasteiger charge is -2.17. The number of amides is 1. The minimum absolute atomic E-state index is 0.00106. The van der Waals surface area contributed by atoms with Crippen LogP contribution < -0.4 is 5.32 Å². The Labute approximate surface area is 107 Å². The molecule has 0 spiro atoms. The van der Waals surface area contributed by atoms with Crippen LogP contribution in [-0.2, 0) is 9.53 Å². The number of carbonyl (C=O) groups is 1. The molecule has 0 aliphatic heterocycles. The number of aryl methyl sites for hydroxylation is 1. The zero-order valence-corrected chi connectivity index (χ0v) is 10.8. The van der Waals surface area contributed by atoms with Crippen molar-refractivity contribution in [3.05, 3.63) is 23.8 Å². The molecule has 1 amide bonds. The molecule has 0 saturated heterocycles. The van der Waals surface area contributed by atoms with Gasteiger partial charge in [0, 0.05) is 25.4 Å². The summed E-state index contributed by atoms with van der Waals surface area (Å²) < 4.78 is 4.90. The Kier molecular flexibility index (Phi) is 4.25. The van der Waals surface area contributed by atoms with Crippen molar-refractivity contribution in [1.29, 1.82) is 0 Å². The van der Waals surface area contributed by atoms with Crippen molar-refractivity contribution in [2.24, 2.45) is 5.92 Å². The van der Waals surface area contributed by atoms with E-state index in [1.165, 1.54) is 0 Å². The quantitative estimate of drug-likeness (QED) is 0.827. The van der Waals surface area contributed by atoms with Gasteiger partial charge in [-0.2, -0.15) is 0 Å². The van der Waals surface area contributed by atoms with Crippen molar-refractivity contribution in [2.45, 2.75) is 32.2 Å². The third kappa shape index (κ3) is 3.50. The van der Waals surface area contributed by atoms with Crippen LogP contribution in [0.3, 0.4) is 0 Å². The third-order valence-corrected chi connectivity index (χ3v) is 3.03. The highest BCUT2D eigenvalue weighted by Gasteiger charge is 2.35. The summed E-state index contributed by atoms with van der Waals surface area (Å²) in [6, 6.07) is 1.81. The average molecular weight is 249 g/mol. The van der Waals surface area contributed by atoms with Crippen molar-refractivity contribution >= 4 is 5.91 Å². The Morgan fingerprint density at radius 3 is 3.00 bits per heavy atom. The standard InChI is InChI=1S/C13H19N3O2/c1-9-5-7-14-13(15-9)12(10-3-4-10)16-11(17)6-8-18-2/h5,7,10,12H,3-4,6,8H2,1-2H3,(H,16,17)/t12-/m1/s1. The van der Waals surface area contributed by atoms with Crippen molar-refractivity contribution < 1.29 is 9.53 Å². The fraction of sp³-hybridized carbons (Fsp3) is 0.615. The zero-order valence-electron chi connectivity index (χ0n) is 10.8. The van der Waals surface area contributed by atoms with Gasteiger partial charge in [0.25, 0.3) is 0 Å². The summed E-state index contributed by atoms with van der Waals surface area (Å²) in [6.45, 7) is 2.37. The molecule has 0 unspecified atom stereocenters. The van der Waals surface area contributed by atoms with Crippen LogP contribution in [0.15, 0.2) is 12.3 Å². The van der Waals surface area contributed by atoms with Crippen LogP contribution in [0.4, 0.5) is 0 Å². The fourth-order valence-corrected chi connectivity index (χ4v) is 1.88. The van der Waals surface area contributed by atoms with E-state index in [2.05, 4.69) is 15.3 Å². The maximum atomic E-state index is 11.8. The molecular weight excluding hydrogens is 230 g/mol. The van der Waals surface area contributed by atoms with E-state index < -0.39 is 0 Å². The molecule has 1 aromatic heterocycles. The third-order valence-electron chi connectivity index (χ3n) is 3.03. The lowest BCUT2D eigenvalue weighted by molar-refractivity contribution is -0.122. The minimum atomic E-state index is -0.0470. The van der Waals surface area contributed by atoms with E-state index >= 15 is 0 Å². The number of nitrogens with zero attached hydrogens (tertiary/aromatic N) is 2. The van der Waals surface area contributed by atoms with E-state index in [0.717, 1.165) is 24.4 Å². The van der Waals surface area contributed by atoms with Gasteiger partial charge in [0.05, 0.1) is 12.6 Å². The molecule has 0 radical (unpaired) electrons. The Balaban J connectivity index is 2.02. The zero-order chi connectivity index (χ0) is 13.0. The predicted octanol–water partition coefficient (Wildman–Crippen LogP) is 1.39. The molecule has 1 saturated carbocycles. The van der Waals surface area contributed by atoms with Gasteiger partial charge in [0.2, 0.25) is 5.91 Å². The monoisotopic (exact) mass is 249 g/mol. The highest BCUT2D eigenvalue weighted by molar-refractivity contribution is 5.76. The lowest BCUT2D eigenvalue weighted by atomic mass is 10.1. The first kappa shape index (κ1) is 13.0. The maximum absolute atomic E-state index is 11.8. The van der Waals surface area contributed by atoms with Gasteiger partial charge < -0.3 is 10.1 Å². The van der Waals surface area contributed by atoms with Crippen molar-refractivity contribution in [2.75, 3.05) is 13.7 Å². The van der Waals surface area contributed by atoms with Gasteiger partial charge in [-0.25, -0.2) is 9.97 Å². The number of methoxy groups -OCH3 is 1. The first-order valence-corrected chi connectivity index (χ1v) is 6.28. The van der Waals surface area contributed by atoms with Gasteiger partial charge in [0.1, 0.15) is 0 Å². The fourth-order valence-electron chi connectivity index (χ4n) is 1.88. The van der Waals surface area contributed by atoms with E-state index in [0.29, 0.717) is 18.9 Å². The largest absolute Gasteiger partial charge is 0.384 e. The second-order valence-electron chi connectivity index (χ2n) is 4.68. The lowest BCUT2D eigenvalue weighted by Crippen LogP contribution is -2.31. The molecule has 5 nitrogen and oxygen atoms in total. The normalized spacial score (nSPS) is 16.3. The van der Waals surface area contributed by atoms with Gasteiger partial charge in [0.15, 0.2) is 5.82 Å². The van der Waals surface area contributed by atoms with Crippen LogP contribution in [-0.4, -0.2) is 29.6 Å². The van der Waals surface area contributed by atoms with Gasteiger partial charge in [-0.05, 0) is 31.7 Å². The summed E-state index contributed by atoms with van der Waals surface area (Å²) >= 11 is 0. The second kappa shape index (κ2) is 5.91. The Morgan fingerprint density at radius 2 is 2.39 bits per heavy atom. The predicted molar refractivity (Wildman–Crippen MR) is 66.9 cm³/mol. The van der Waals surface area contributed by atoms with Crippen LogP contribution in [0.25, 0.3) is 0 Å². The highest BCUT2D eigenvalue weighted by atomic mass is 16.5. The highest BCUT2D eigenvalue weighted by Crippen LogP contribution is 2.39. The van der Waals surface area contributed by atoms with Crippen molar-refractivity contribution in [3.63, 3.8) is 0 Å². The second-order valence-corrected chi connectivity index (χ2v) is 4.68. The van der Waals surface area contributed by atoms with E-state index in [-0.39, 0.29) is 11.9 Å². The van der Waals surface area contributed by atoms with Crippen molar-refractivity contribution in [1.82, 2.24) is 15.3 Å². The van der Waals surface area contributed by atoms with Crippen LogP contribution in [0.5, 0.6) is 0 Å². The van der Waals surface area contributed by atoms with Gasteiger partial charge in [-0.15, -0.1) is 0 Å². The molecular formula is C13H19N3O2. The summed E-state index contributed by atoms with van der Waals surface area (Å²) in [4.78, 5) is 20.4. The number of aromatic nitrogens is 2. The summed E-state index contributed by atoms with van der Waals surface area (Å²) in [5, 5.41) is 3.01. The molecule has 1 atom stereocenters. The Morgan fingerprint density at radius 1 is 1.61 bits per heavy atom. The summed E-state index contributed by atoms with van der Waals surface area (Å²) in [5.74, 6) is 1.21. The SMILES string of the molecule is COCCC(=O)N[C@@H](c1nccc(C)n1)C1CC1. The summed E-state index contributed by atoms with van der Waals surface area (Å²) in [6.07, 6.45) is 4.39. The maximum Gasteiger partial charge on any atom is 0.222 e. The van der Waals surface area contributed by atoms with Crippen LogP contribution in [0, 0.1) is 12.8 Å². The van der Waals surface area contributed by atoms with E-state index in [4.69, 9.17) is 4.74 Å². The molecule has 98 valence electrons. The number of nitrogens with one attached hydrogen (secondary N) is 1. The smallest absolute Gasteiger partial charge is 0.222 e. The summed E-state index contributed by atoms with van der Waals surface area (Å²) in [5.41, 5.74) is 0.928.